The number of halogens is 4. The minimum Gasteiger partial charge on any atom is -0.495 e. The maximum absolute atomic E-state index is 12.4. The van der Waals surface area contributed by atoms with Crippen LogP contribution in [0.1, 0.15) is 15.9 Å². The van der Waals surface area contributed by atoms with Gasteiger partial charge in [-0.2, -0.15) is 13.2 Å². The number of amides is 1. The van der Waals surface area contributed by atoms with Crippen molar-refractivity contribution in [1.29, 1.82) is 0 Å². The lowest BCUT2D eigenvalue weighted by Crippen LogP contribution is -2.12. The van der Waals surface area contributed by atoms with Crippen LogP contribution in [0.4, 0.5) is 18.9 Å². The van der Waals surface area contributed by atoms with Crippen LogP contribution in [0.5, 0.6) is 5.75 Å². The van der Waals surface area contributed by atoms with Crippen molar-refractivity contribution in [2.75, 3.05) is 12.4 Å². The Morgan fingerprint density at radius 2 is 1.77 bits per heavy atom. The van der Waals surface area contributed by atoms with Gasteiger partial charge in [0, 0.05) is 11.3 Å². The van der Waals surface area contributed by atoms with Gasteiger partial charge in [0.05, 0.1) is 17.7 Å². The Bertz CT molecular complexity index is 684. The van der Waals surface area contributed by atoms with E-state index in [2.05, 4.69) is 5.32 Å². The molecule has 2 aromatic carbocycles. The topological polar surface area (TPSA) is 38.3 Å². The summed E-state index contributed by atoms with van der Waals surface area (Å²) >= 11 is 5.92. The first-order valence-electron chi connectivity index (χ1n) is 6.13. The number of benzene rings is 2. The van der Waals surface area contributed by atoms with E-state index in [1.165, 1.54) is 37.4 Å². The highest BCUT2D eigenvalue weighted by Crippen LogP contribution is 2.30. The van der Waals surface area contributed by atoms with Crippen LogP contribution in [0, 0.1) is 0 Å². The first-order chi connectivity index (χ1) is 10.3. The van der Waals surface area contributed by atoms with E-state index < -0.39 is 17.6 Å². The van der Waals surface area contributed by atoms with E-state index in [0.29, 0.717) is 5.75 Å². The smallest absolute Gasteiger partial charge is 0.416 e. The third-order valence-electron chi connectivity index (χ3n) is 2.88. The first-order valence-corrected chi connectivity index (χ1v) is 6.51. The zero-order valence-corrected chi connectivity index (χ0v) is 12.1. The van der Waals surface area contributed by atoms with Crippen LogP contribution in [-0.2, 0) is 6.18 Å². The molecule has 0 aliphatic heterocycles. The minimum absolute atomic E-state index is 0.255. The molecule has 116 valence electrons. The van der Waals surface area contributed by atoms with Gasteiger partial charge in [-0.25, -0.2) is 0 Å². The molecule has 2 rings (SSSR count). The van der Waals surface area contributed by atoms with Crippen LogP contribution in [0.15, 0.2) is 42.5 Å². The van der Waals surface area contributed by atoms with Gasteiger partial charge < -0.3 is 10.1 Å². The summed E-state index contributed by atoms with van der Waals surface area (Å²) in [6.45, 7) is 0. The van der Waals surface area contributed by atoms with Gasteiger partial charge in [-0.05, 0) is 42.5 Å². The lowest BCUT2D eigenvalue weighted by Gasteiger charge is -2.09. The molecule has 0 heterocycles. The summed E-state index contributed by atoms with van der Waals surface area (Å²) in [5.74, 6) is -0.0583. The number of anilines is 1. The van der Waals surface area contributed by atoms with Crippen LogP contribution in [0.25, 0.3) is 0 Å². The average molecular weight is 330 g/mol. The van der Waals surface area contributed by atoms with Gasteiger partial charge in [0.15, 0.2) is 0 Å². The Labute approximate surface area is 129 Å². The van der Waals surface area contributed by atoms with Gasteiger partial charge >= 0.3 is 6.18 Å². The van der Waals surface area contributed by atoms with Gasteiger partial charge in [-0.1, -0.05) is 11.6 Å². The number of hydrogen-bond donors (Lipinski definition) is 1. The molecule has 1 N–H and O–H groups in total. The predicted molar refractivity (Wildman–Crippen MR) is 77.4 cm³/mol. The number of methoxy groups -OCH3 is 1. The van der Waals surface area contributed by atoms with Crippen LogP contribution in [0.3, 0.4) is 0 Å². The number of carbonyl (C=O) groups excluding carboxylic acids is 1. The molecule has 0 saturated carbocycles. The maximum Gasteiger partial charge on any atom is 0.416 e. The van der Waals surface area contributed by atoms with E-state index in [0.717, 1.165) is 12.1 Å². The van der Waals surface area contributed by atoms with Crippen molar-refractivity contribution >= 4 is 23.2 Å². The van der Waals surface area contributed by atoms with Gasteiger partial charge in [0.1, 0.15) is 5.75 Å². The van der Waals surface area contributed by atoms with Crippen LogP contribution >= 0.6 is 11.6 Å². The molecule has 0 fully saturated rings. The average Bonchev–Trinajstić information content (AvgIpc) is 2.46. The molecule has 0 atom stereocenters. The van der Waals surface area contributed by atoms with E-state index >= 15 is 0 Å². The van der Waals surface area contributed by atoms with Crippen molar-refractivity contribution in [1.82, 2.24) is 0 Å². The summed E-state index contributed by atoms with van der Waals surface area (Å²) in [6.07, 6.45) is -4.41. The summed E-state index contributed by atoms with van der Waals surface area (Å²) in [5, 5.41) is 2.76. The van der Waals surface area contributed by atoms with Crippen molar-refractivity contribution in [3.63, 3.8) is 0 Å². The molecule has 0 aliphatic carbocycles. The second-order valence-corrected chi connectivity index (χ2v) is 4.79. The number of ether oxygens (including phenoxy) is 1. The fourth-order valence-corrected chi connectivity index (χ4v) is 2.01. The molecule has 0 aliphatic rings. The fraction of sp³-hybridized carbons (Fsp3) is 0.133. The Morgan fingerprint density at radius 3 is 2.27 bits per heavy atom. The van der Waals surface area contributed by atoms with Crippen molar-refractivity contribution < 1.29 is 22.7 Å². The lowest BCUT2D eigenvalue weighted by molar-refractivity contribution is -0.137. The molecule has 2 aromatic rings. The second-order valence-electron chi connectivity index (χ2n) is 4.38. The van der Waals surface area contributed by atoms with Gasteiger partial charge in [-0.3, -0.25) is 4.79 Å². The minimum atomic E-state index is -4.41. The van der Waals surface area contributed by atoms with E-state index in [1.807, 2.05) is 0 Å². The highest BCUT2D eigenvalue weighted by molar-refractivity contribution is 6.32. The molecule has 0 unspecified atom stereocenters. The molecule has 1 amide bonds. The molecular formula is C15H11ClF3NO2. The number of nitrogens with one attached hydrogen (secondary N) is 1. The quantitative estimate of drug-likeness (QED) is 0.892. The highest BCUT2D eigenvalue weighted by atomic mass is 35.5. The summed E-state index contributed by atoms with van der Waals surface area (Å²) in [7, 11) is 1.45. The van der Waals surface area contributed by atoms with Gasteiger partial charge in [0.2, 0.25) is 0 Å². The molecule has 7 heteroatoms. The SMILES string of the molecule is COc1ccc(C(=O)Nc2ccc(C(F)(F)F)cc2)cc1Cl. The van der Waals surface area contributed by atoms with E-state index in [9.17, 15) is 18.0 Å². The zero-order valence-electron chi connectivity index (χ0n) is 11.4. The molecule has 0 radical (unpaired) electrons. The number of hydrogen-bond acceptors (Lipinski definition) is 2. The molecule has 3 nitrogen and oxygen atoms in total. The van der Waals surface area contributed by atoms with Gasteiger partial charge in [0.25, 0.3) is 5.91 Å². The zero-order chi connectivity index (χ0) is 16.3. The maximum atomic E-state index is 12.4. The van der Waals surface area contributed by atoms with Crippen molar-refractivity contribution in [2.24, 2.45) is 0 Å². The second kappa shape index (κ2) is 6.27. The molecule has 0 bridgehead atoms. The first kappa shape index (κ1) is 16.2. The van der Waals surface area contributed by atoms with Crippen molar-refractivity contribution in [3.8, 4) is 5.75 Å². The Balaban J connectivity index is 2.13. The summed E-state index contributed by atoms with van der Waals surface area (Å²) < 4.78 is 42.3. The Morgan fingerprint density at radius 1 is 1.14 bits per heavy atom. The van der Waals surface area contributed by atoms with Gasteiger partial charge in [-0.15, -0.1) is 0 Å². The summed E-state index contributed by atoms with van der Waals surface area (Å²) in [5.41, 5.74) is -0.256. The third-order valence-corrected chi connectivity index (χ3v) is 3.18. The largest absolute Gasteiger partial charge is 0.495 e. The van der Waals surface area contributed by atoms with E-state index in [-0.39, 0.29) is 16.3 Å². The third kappa shape index (κ3) is 3.71. The normalized spacial score (nSPS) is 11.1. The van der Waals surface area contributed by atoms with E-state index in [1.54, 1.807) is 0 Å². The molecule has 22 heavy (non-hydrogen) atoms. The lowest BCUT2D eigenvalue weighted by atomic mass is 10.1. The number of carbonyl (C=O) groups is 1. The molecular weight excluding hydrogens is 319 g/mol. The Kier molecular flexibility index (Phi) is 4.61. The van der Waals surface area contributed by atoms with Crippen LogP contribution in [-0.4, -0.2) is 13.0 Å². The van der Waals surface area contributed by atoms with E-state index in [4.69, 9.17) is 16.3 Å². The number of alkyl halides is 3. The monoisotopic (exact) mass is 329 g/mol. The standard InChI is InChI=1S/C15H11ClF3NO2/c1-22-13-7-2-9(8-12(13)16)14(21)20-11-5-3-10(4-6-11)15(17,18)19/h2-8H,1H3,(H,20,21). The molecule has 0 saturated heterocycles. The highest BCUT2D eigenvalue weighted by Gasteiger charge is 2.29. The predicted octanol–water partition coefficient (Wildman–Crippen LogP) is 4.62. The number of rotatable bonds is 3. The van der Waals surface area contributed by atoms with Crippen LogP contribution < -0.4 is 10.1 Å². The van der Waals surface area contributed by atoms with Crippen molar-refractivity contribution in [2.45, 2.75) is 6.18 Å². The molecule has 0 aromatic heterocycles. The fourth-order valence-electron chi connectivity index (χ4n) is 1.75. The van der Waals surface area contributed by atoms with Crippen LogP contribution in [0.2, 0.25) is 5.02 Å². The molecule has 0 spiro atoms. The Hall–Kier alpha value is -2.21. The van der Waals surface area contributed by atoms with Crippen molar-refractivity contribution in [3.05, 3.63) is 58.6 Å². The summed E-state index contributed by atoms with van der Waals surface area (Å²) in [4.78, 5) is 12.0. The summed E-state index contributed by atoms with van der Waals surface area (Å²) in [6, 6.07) is 8.62.